The van der Waals surface area contributed by atoms with E-state index in [1.54, 1.807) is 11.9 Å². The lowest BCUT2D eigenvalue weighted by Crippen LogP contribution is -2.50. The molecule has 1 rings (SSSR count). The fourth-order valence-electron chi connectivity index (χ4n) is 1.77. The fraction of sp³-hybridized carbons (Fsp3) is 0.700. The van der Waals surface area contributed by atoms with Crippen LogP contribution in [0, 0.1) is 0 Å². The second kappa shape index (κ2) is 6.63. The van der Waals surface area contributed by atoms with Crippen LogP contribution in [0.25, 0.3) is 0 Å². The maximum absolute atomic E-state index is 12.2. The first kappa shape index (κ1) is 14.0. The monoisotopic (exact) mass is 258 g/mol. The van der Waals surface area contributed by atoms with Gasteiger partial charge in [-0.3, -0.25) is 4.79 Å². The number of rotatable bonds is 4. The molecule has 1 fully saturated rings. The Morgan fingerprint density at radius 3 is 3.12 bits per heavy atom. The number of likely N-dealkylation sites (N-methyl/N-ethyl adjacent to an activating group) is 1. The van der Waals surface area contributed by atoms with Gasteiger partial charge in [0.1, 0.15) is 11.9 Å². The van der Waals surface area contributed by atoms with Crippen molar-refractivity contribution < 1.29 is 9.53 Å². The Morgan fingerprint density at radius 1 is 1.82 bits per heavy atom. The van der Waals surface area contributed by atoms with E-state index in [-0.39, 0.29) is 24.6 Å². The summed E-state index contributed by atoms with van der Waals surface area (Å²) in [6, 6.07) is -0.349. The molecular weight excluding hydrogens is 240 g/mol. The molecule has 0 aliphatic carbocycles. The summed E-state index contributed by atoms with van der Waals surface area (Å²) in [6.07, 6.45) is -0.152. The zero-order chi connectivity index (χ0) is 12.8. The summed E-state index contributed by atoms with van der Waals surface area (Å²) in [5, 5.41) is 2.95. The minimum atomic E-state index is -0.349. The Labute approximate surface area is 106 Å². The molecular formula is C10H18N4O2S. The Hall–Kier alpha value is -1.05. The fourth-order valence-corrected chi connectivity index (χ4v) is 1.91. The van der Waals surface area contributed by atoms with E-state index in [2.05, 4.69) is 22.5 Å². The number of carbonyl (C=O) groups excluding carboxylic acids is 1. The molecule has 0 bridgehead atoms. The Balaban J connectivity index is 2.74. The minimum absolute atomic E-state index is 0.0278. The maximum Gasteiger partial charge on any atom is 0.242 e. The van der Waals surface area contributed by atoms with Crippen LogP contribution in [0.3, 0.4) is 0 Å². The molecule has 0 aromatic rings. The number of hydrogen-bond donors (Lipinski definition) is 2. The van der Waals surface area contributed by atoms with Gasteiger partial charge in [-0.2, -0.15) is 0 Å². The largest absolute Gasteiger partial charge is 0.386 e. The summed E-state index contributed by atoms with van der Waals surface area (Å²) in [4.78, 5) is 17.6. The van der Waals surface area contributed by atoms with Crippen LogP contribution < -0.4 is 11.1 Å². The van der Waals surface area contributed by atoms with E-state index < -0.39 is 0 Å². The first-order valence-corrected chi connectivity index (χ1v) is 5.90. The third kappa shape index (κ3) is 3.72. The van der Waals surface area contributed by atoms with Gasteiger partial charge in [0.05, 0.1) is 24.7 Å². The van der Waals surface area contributed by atoms with Gasteiger partial charge in [-0.15, -0.1) is 0 Å². The van der Waals surface area contributed by atoms with E-state index in [0.29, 0.717) is 19.0 Å². The van der Waals surface area contributed by atoms with Crippen molar-refractivity contribution >= 4 is 29.5 Å². The number of carbonyl (C=O) groups is 1. The van der Waals surface area contributed by atoms with Crippen LogP contribution in [0.4, 0.5) is 0 Å². The third-order valence-corrected chi connectivity index (χ3v) is 2.78. The quantitative estimate of drug-likeness (QED) is 0.389. The molecule has 17 heavy (non-hydrogen) atoms. The topological polar surface area (TPSA) is 80.0 Å². The van der Waals surface area contributed by atoms with Crippen LogP contribution in [0.5, 0.6) is 0 Å². The number of nitrogens with two attached hydrogens (primary N) is 1. The number of nitrogens with zero attached hydrogens (tertiary/aromatic N) is 2. The van der Waals surface area contributed by atoms with Crippen LogP contribution in [0.15, 0.2) is 4.99 Å². The van der Waals surface area contributed by atoms with Crippen molar-refractivity contribution in [1.82, 2.24) is 10.2 Å². The smallest absolute Gasteiger partial charge is 0.242 e. The molecule has 2 unspecified atom stereocenters. The summed E-state index contributed by atoms with van der Waals surface area (Å²) < 4.78 is 5.51. The molecule has 1 amide bonds. The van der Waals surface area contributed by atoms with Crippen molar-refractivity contribution in [3.05, 3.63) is 0 Å². The van der Waals surface area contributed by atoms with Gasteiger partial charge in [0, 0.05) is 6.54 Å². The van der Waals surface area contributed by atoms with Crippen LogP contribution >= 0.6 is 12.2 Å². The lowest BCUT2D eigenvalue weighted by Gasteiger charge is -2.24. The highest BCUT2D eigenvalue weighted by Crippen LogP contribution is 2.08. The number of amidine groups is 1. The van der Waals surface area contributed by atoms with E-state index in [1.165, 1.54) is 5.49 Å². The molecule has 6 nitrogen and oxygen atoms in total. The second-order valence-corrected chi connectivity index (χ2v) is 4.04. The molecule has 1 saturated heterocycles. The third-order valence-electron chi connectivity index (χ3n) is 2.67. The second-order valence-electron chi connectivity index (χ2n) is 3.83. The standard InChI is InChI=1S/C10H18N4O2S/c1-7-9(12-2)10(15)14(3-4-16-7)5-8(11)13-6-17/h6-7,9,12H,3-5H2,1-2H3,(H2,11,13,17). The average Bonchev–Trinajstić information content (AvgIpc) is 2.40. The van der Waals surface area contributed by atoms with Gasteiger partial charge in [-0.1, -0.05) is 12.2 Å². The van der Waals surface area contributed by atoms with Gasteiger partial charge >= 0.3 is 0 Å². The highest BCUT2D eigenvalue weighted by Gasteiger charge is 2.31. The predicted octanol–water partition coefficient (Wildman–Crippen LogP) is -0.864. The molecule has 1 aliphatic heterocycles. The average molecular weight is 258 g/mol. The molecule has 0 aromatic carbocycles. The zero-order valence-electron chi connectivity index (χ0n) is 10.0. The molecule has 1 heterocycles. The normalized spacial score (nSPS) is 26.8. The predicted molar refractivity (Wildman–Crippen MR) is 70.1 cm³/mol. The van der Waals surface area contributed by atoms with E-state index >= 15 is 0 Å². The number of amides is 1. The summed E-state index contributed by atoms with van der Waals surface area (Å²) in [5.74, 6) is 0.303. The van der Waals surface area contributed by atoms with Crippen molar-refractivity contribution in [3.8, 4) is 0 Å². The summed E-state index contributed by atoms with van der Waals surface area (Å²) >= 11 is 4.58. The number of hydrogen-bond acceptors (Lipinski definition) is 4. The molecule has 2 atom stereocenters. The summed E-state index contributed by atoms with van der Waals surface area (Å²) in [7, 11) is 1.74. The van der Waals surface area contributed by atoms with E-state index in [4.69, 9.17) is 10.5 Å². The van der Waals surface area contributed by atoms with E-state index in [0.717, 1.165) is 0 Å². The van der Waals surface area contributed by atoms with Gasteiger partial charge in [-0.05, 0) is 14.0 Å². The van der Waals surface area contributed by atoms with Gasteiger partial charge in [0.25, 0.3) is 0 Å². The molecule has 7 heteroatoms. The molecule has 0 aromatic heterocycles. The van der Waals surface area contributed by atoms with Crippen molar-refractivity contribution in [2.45, 2.75) is 19.1 Å². The van der Waals surface area contributed by atoms with Crippen LogP contribution in [-0.4, -0.2) is 61.0 Å². The van der Waals surface area contributed by atoms with Gasteiger partial charge in [0.2, 0.25) is 5.91 Å². The van der Waals surface area contributed by atoms with Crippen LogP contribution in [-0.2, 0) is 9.53 Å². The number of nitrogens with one attached hydrogen (secondary N) is 1. The van der Waals surface area contributed by atoms with Crippen molar-refractivity contribution in [2.24, 2.45) is 10.7 Å². The molecule has 1 aliphatic rings. The first-order valence-electron chi connectivity index (χ1n) is 5.43. The SMILES string of the molecule is CNC1C(=O)N(CC(N)=NC=S)CCOC1C. The lowest BCUT2D eigenvalue weighted by molar-refractivity contribution is -0.132. The Bertz CT molecular complexity index is 321. The van der Waals surface area contributed by atoms with Crippen molar-refractivity contribution in [3.63, 3.8) is 0 Å². The molecule has 96 valence electrons. The minimum Gasteiger partial charge on any atom is -0.386 e. The maximum atomic E-state index is 12.2. The van der Waals surface area contributed by atoms with E-state index in [9.17, 15) is 4.79 Å². The highest BCUT2D eigenvalue weighted by atomic mass is 32.1. The van der Waals surface area contributed by atoms with Crippen LogP contribution in [0.1, 0.15) is 6.92 Å². The highest BCUT2D eigenvalue weighted by molar-refractivity contribution is 7.78. The molecule has 0 spiro atoms. The van der Waals surface area contributed by atoms with E-state index in [1.807, 2.05) is 6.92 Å². The zero-order valence-corrected chi connectivity index (χ0v) is 10.9. The molecule has 3 N–H and O–H groups in total. The first-order chi connectivity index (χ1) is 8.10. The van der Waals surface area contributed by atoms with Crippen LogP contribution in [0.2, 0.25) is 0 Å². The number of aliphatic imine (C=N–C) groups is 1. The Morgan fingerprint density at radius 2 is 2.53 bits per heavy atom. The number of thiocarbonyl (C=S) groups is 1. The molecule has 0 radical (unpaired) electrons. The summed E-state index contributed by atoms with van der Waals surface area (Å²) in [6.45, 7) is 3.15. The number of ether oxygens (including phenoxy) is 1. The van der Waals surface area contributed by atoms with Gasteiger partial charge < -0.3 is 20.7 Å². The van der Waals surface area contributed by atoms with Gasteiger partial charge in [0.15, 0.2) is 0 Å². The van der Waals surface area contributed by atoms with Gasteiger partial charge in [-0.25, -0.2) is 4.99 Å². The van der Waals surface area contributed by atoms with Crippen molar-refractivity contribution in [1.29, 1.82) is 0 Å². The summed E-state index contributed by atoms with van der Waals surface area (Å²) in [5.41, 5.74) is 6.85. The molecule has 0 saturated carbocycles. The Kier molecular flexibility index (Phi) is 5.46. The lowest BCUT2D eigenvalue weighted by atomic mass is 10.1. The van der Waals surface area contributed by atoms with Crippen molar-refractivity contribution in [2.75, 3.05) is 26.7 Å².